The number of nitrogens with zero attached hydrogens (tertiary/aromatic N) is 2. The zero-order valence-corrected chi connectivity index (χ0v) is 16.3. The van der Waals surface area contributed by atoms with Gasteiger partial charge < -0.3 is 4.74 Å². The third-order valence-corrected chi connectivity index (χ3v) is 5.57. The predicted octanol–water partition coefficient (Wildman–Crippen LogP) is 5.67. The first-order chi connectivity index (χ1) is 13.1. The van der Waals surface area contributed by atoms with Crippen LogP contribution in [0.5, 0.6) is 5.75 Å². The van der Waals surface area contributed by atoms with Crippen molar-refractivity contribution in [2.45, 2.75) is 19.8 Å². The van der Waals surface area contributed by atoms with Gasteiger partial charge in [0.1, 0.15) is 17.1 Å². The van der Waals surface area contributed by atoms with Crippen molar-refractivity contribution in [1.29, 1.82) is 0 Å². The van der Waals surface area contributed by atoms with Crippen LogP contribution in [0, 0.1) is 0 Å². The Bertz CT molecular complexity index is 1110. The van der Waals surface area contributed by atoms with Crippen molar-refractivity contribution in [3.05, 3.63) is 65.2 Å². The van der Waals surface area contributed by atoms with E-state index in [0.29, 0.717) is 23.1 Å². The Labute approximate surface area is 162 Å². The first kappa shape index (κ1) is 17.5. The average molecular weight is 376 g/mol. The second-order valence-electron chi connectivity index (χ2n) is 6.68. The summed E-state index contributed by atoms with van der Waals surface area (Å²) in [7, 11) is 1.62. The average Bonchev–Trinajstić information content (AvgIpc) is 3.26. The second kappa shape index (κ2) is 7.00. The van der Waals surface area contributed by atoms with Crippen LogP contribution in [0.4, 0.5) is 0 Å². The van der Waals surface area contributed by atoms with Crippen LogP contribution >= 0.6 is 11.3 Å². The molecule has 0 unspecified atom stereocenters. The highest BCUT2D eigenvalue weighted by Gasteiger charge is 2.20. The van der Waals surface area contributed by atoms with Crippen molar-refractivity contribution in [3.8, 4) is 28.3 Å². The van der Waals surface area contributed by atoms with Gasteiger partial charge >= 0.3 is 0 Å². The van der Waals surface area contributed by atoms with Gasteiger partial charge in [-0.05, 0) is 29.2 Å². The molecule has 2 heterocycles. The molecule has 2 aromatic heterocycles. The van der Waals surface area contributed by atoms with E-state index in [0.717, 1.165) is 28.1 Å². The van der Waals surface area contributed by atoms with E-state index >= 15 is 0 Å². The molecule has 0 aliphatic rings. The van der Waals surface area contributed by atoms with Gasteiger partial charge in [0, 0.05) is 10.9 Å². The first-order valence-electron chi connectivity index (χ1n) is 8.83. The van der Waals surface area contributed by atoms with Gasteiger partial charge in [-0.15, -0.1) is 11.3 Å². The molecule has 136 valence electrons. The highest BCUT2D eigenvalue weighted by Crippen LogP contribution is 2.36. The zero-order valence-electron chi connectivity index (χ0n) is 15.5. The Morgan fingerprint density at radius 1 is 1.11 bits per heavy atom. The SMILES string of the molecule is COc1ccccc1-c1nc2scc(-c3ccc(C(C)C)cc3)n2c1C=O. The van der Waals surface area contributed by atoms with E-state index in [2.05, 4.69) is 38.1 Å². The van der Waals surface area contributed by atoms with E-state index in [-0.39, 0.29) is 0 Å². The van der Waals surface area contributed by atoms with Gasteiger partial charge in [-0.1, -0.05) is 50.2 Å². The number of methoxy groups -OCH3 is 1. The van der Waals surface area contributed by atoms with Crippen molar-refractivity contribution < 1.29 is 9.53 Å². The number of rotatable bonds is 5. The number of aldehydes is 1. The number of fused-ring (bicyclic) bond motifs is 1. The lowest BCUT2D eigenvalue weighted by atomic mass is 10.0. The van der Waals surface area contributed by atoms with Crippen LogP contribution in [0.2, 0.25) is 0 Å². The molecule has 0 atom stereocenters. The van der Waals surface area contributed by atoms with Crippen molar-refractivity contribution >= 4 is 22.6 Å². The van der Waals surface area contributed by atoms with E-state index < -0.39 is 0 Å². The lowest BCUT2D eigenvalue weighted by molar-refractivity contribution is 0.111. The summed E-state index contributed by atoms with van der Waals surface area (Å²) in [6.45, 7) is 4.36. The van der Waals surface area contributed by atoms with E-state index in [1.54, 1.807) is 7.11 Å². The standard InChI is InChI=1S/C22H20N2O2S/c1-14(2)15-8-10-16(11-9-15)19-13-27-22-23-21(18(12-25)24(19)22)17-6-4-5-7-20(17)26-3/h4-14H,1-3H3. The number of hydrogen-bond donors (Lipinski definition) is 0. The summed E-state index contributed by atoms with van der Waals surface area (Å²) in [6.07, 6.45) is 0.875. The summed E-state index contributed by atoms with van der Waals surface area (Å²) in [5.74, 6) is 1.19. The van der Waals surface area contributed by atoms with Crippen LogP contribution in [0.15, 0.2) is 53.9 Å². The van der Waals surface area contributed by atoms with E-state index in [9.17, 15) is 4.79 Å². The molecule has 0 radical (unpaired) electrons. The molecule has 4 nitrogen and oxygen atoms in total. The molecule has 0 saturated carbocycles. The van der Waals surface area contributed by atoms with Crippen molar-refractivity contribution in [3.63, 3.8) is 0 Å². The summed E-state index contributed by atoms with van der Waals surface area (Å²) < 4.78 is 7.39. The minimum absolute atomic E-state index is 0.484. The monoisotopic (exact) mass is 376 g/mol. The van der Waals surface area contributed by atoms with Gasteiger partial charge in [-0.2, -0.15) is 0 Å². The van der Waals surface area contributed by atoms with Crippen LogP contribution in [0.3, 0.4) is 0 Å². The van der Waals surface area contributed by atoms with Crippen LogP contribution in [0.25, 0.3) is 27.5 Å². The summed E-state index contributed by atoms with van der Waals surface area (Å²) in [4.78, 5) is 17.5. The van der Waals surface area contributed by atoms with Crippen LogP contribution in [0.1, 0.15) is 35.8 Å². The fourth-order valence-electron chi connectivity index (χ4n) is 3.27. The molecule has 4 rings (SSSR count). The first-order valence-corrected chi connectivity index (χ1v) is 9.71. The molecule has 0 aliphatic heterocycles. The van der Waals surface area contributed by atoms with Gasteiger partial charge in [0.25, 0.3) is 0 Å². The van der Waals surface area contributed by atoms with Gasteiger partial charge in [0.2, 0.25) is 0 Å². The molecule has 0 fully saturated rings. The molecule has 0 aliphatic carbocycles. The highest BCUT2D eigenvalue weighted by atomic mass is 32.1. The minimum atomic E-state index is 0.484. The Balaban J connectivity index is 1.90. The number of aromatic nitrogens is 2. The minimum Gasteiger partial charge on any atom is -0.496 e. The van der Waals surface area contributed by atoms with Crippen molar-refractivity contribution in [2.24, 2.45) is 0 Å². The second-order valence-corrected chi connectivity index (χ2v) is 7.52. The fraction of sp³-hybridized carbons (Fsp3) is 0.182. The topological polar surface area (TPSA) is 43.6 Å². The largest absolute Gasteiger partial charge is 0.496 e. The normalized spacial score (nSPS) is 11.3. The van der Waals surface area contributed by atoms with Crippen LogP contribution in [-0.2, 0) is 0 Å². The molecular weight excluding hydrogens is 356 g/mol. The molecule has 0 N–H and O–H groups in total. The summed E-state index contributed by atoms with van der Waals surface area (Å²) >= 11 is 1.53. The van der Waals surface area contributed by atoms with Gasteiger partial charge in [-0.3, -0.25) is 9.20 Å². The molecule has 2 aromatic carbocycles. The van der Waals surface area contributed by atoms with Crippen LogP contribution in [-0.4, -0.2) is 22.8 Å². The van der Waals surface area contributed by atoms with Gasteiger partial charge in [0.15, 0.2) is 11.2 Å². The summed E-state index contributed by atoms with van der Waals surface area (Å²) in [5, 5.41) is 2.05. The number of benzene rings is 2. The Hall–Kier alpha value is -2.92. The van der Waals surface area contributed by atoms with Crippen LogP contribution < -0.4 is 4.74 Å². The van der Waals surface area contributed by atoms with Gasteiger partial charge in [0.05, 0.1) is 12.8 Å². The van der Waals surface area contributed by atoms with E-state index in [1.807, 2.05) is 34.0 Å². The molecule has 5 heteroatoms. The third kappa shape index (κ3) is 2.94. The van der Waals surface area contributed by atoms with E-state index in [4.69, 9.17) is 9.72 Å². The Kier molecular flexibility index (Phi) is 4.54. The molecule has 0 bridgehead atoms. The number of carbonyl (C=O) groups is 1. The maximum absolute atomic E-state index is 12.0. The van der Waals surface area contributed by atoms with Gasteiger partial charge in [-0.25, -0.2) is 4.98 Å². The number of ether oxygens (including phenoxy) is 1. The smallest absolute Gasteiger partial charge is 0.195 e. The molecule has 0 amide bonds. The third-order valence-electron chi connectivity index (χ3n) is 4.75. The summed E-state index contributed by atoms with van der Waals surface area (Å²) in [5.41, 5.74) is 5.34. The quantitative estimate of drug-likeness (QED) is 0.421. The number of imidazole rings is 1. The maximum Gasteiger partial charge on any atom is 0.195 e. The number of para-hydroxylation sites is 1. The molecule has 27 heavy (non-hydrogen) atoms. The molecule has 0 spiro atoms. The lowest BCUT2D eigenvalue weighted by Gasteiger charge is -2.08. The number of hydrogen-bond acceptors (Lipinski definition) is 4. The van der Waals surface area contributed by atoms with Crippen molar-refractivity contribution in [1.82, 2.24) is 9.38 Å². The van der Waals surface area contributed by atoms with E-state index in [1.165, 1.54) is 16.9 Å². The molecular formula is C22H20N2O2S. The number of carbonyl (C=O) groups excluding carboxylic acids is 1. The lowest BCUT2D eigenvalue weighted by Crippen LogP contribution is -1.96. The van der Waals surface area contributed by atoms with Crippen molar-refractivity contribution in [2.75, 3.05) is 7.11 Å². The fourth-order valence-corrected chi connectivity index (χ4v) is 4.17. The summed E-state index contributed by atoms with van der Waals surface area (Å²) in [6, 6.07) is 16.1. The predicted molar refractivity (Wildman–Crippen MR) is 110 cm³/mol. The Morgan fingerprint density at radius 2 is 1.85 bits per heavy atom. The highest BCUT2D eigenvalue weighted by molar-refractivity contribution is 7.15. The zero-order chi connectivity index (χ0) is 19.0. The molecule has 0 saturated heterocycles. The Morgan fingerprint density at radius 3 is 2.52 bits per heavy atom. The molecule has 4 aromatic rings. The maximum atomic E-state index is 12.0. The number of thiazole rings is 1.